The Bertz CT molecular complexity index is 738. The van der Waals surface area contributed by atoms with Gasteiger partial charge in [-0.3, -0.25) is 10.1 Å². The van der Waals surface area contributed by atoms with E-state index < -0.39 is 22.4 Å². The summed E-state index contributed by atoms with van der Waals surface area (Å²) in [6.07, 6.45) is 0. The third-order valence-electron chi connectivity index (χ3n) is 2.47. The SMILES string of the molecule is O=C(O)c1ccc([N+](=O)[O-])c(Nc2ccc(F)cc2Br)n1. The second-order valence-electron chi connectivity index (χ2n) is 3.88. The number of nitro groups is 1. The van der Waals surface area contributed by atoms with Crippen molar-refractivity contribution in [3.8, 4) is 0 Å². The molecule has 1 aromatic carbocycles. The molecule has 2 rings (SSSR count). The van der Waals surface area contributed by atoms with Crippen LogP contribution in [0.5, 0.6) is 0 Å². The van der Waals surface area contributed by atoms with Crippen LogP contribution in [0.2, 0.25) is 0 Å². The molecule has 0 unspecified atom stereocenters. The van der Waals surface area contributed by atoms with Gasteiger partial charge < -0.3 is 10.4 Å². The van der Waals surface area contributed by atoms with Crippen molar-refractivity contribution in [1.29, 1.82) is 0 Å². The van der Waals surface area contributed by atoms with Crippen molar-refractivity contribution in [2.75, 3.05) is 5.32 Å². The molecule has 2 aromatic rings. The maximum atomic E-state index is 13.0. The lowest BCUT2D eigenvalue weighted by molar-refractivity contribution is -0.384. The van der Waals surface area contributed by atoms with Crippen LogP contribution in [0.1, 0.15) is 10.5 Å². The highest BCUT2D eigenvalue weighted by Crippen LogP contribution is 2.30. The van der Waals surface area contributed by atoms with Crippen molar-refractivity contribution in [2.45, 2.75) is 0 Å². The van der Waals surface area contributed by atoms with E-state index in [1.165, 1.54) is 6.07 Å². The monoisotopic (exact) mass is 355 g/mol. The third kappa shape index (κ3) is 3.31. The van der Waals surface area contributed by atoms with Crippen molar-refractivity contribution >= 4 is 39.1 Å². The third-order valence-corrected chi connectivity index (χ3v) is 3.13. The van der Waals surface area contributed by atoms with Crippen LogP contribution in [0.4, 0.5) is 21.6 Å². The van der Waals surface area contributed by atoms with E-state index in [4.69, 9.17) is 5.11 Å². The molecule has 0 amide bonds. The molecule has 108 valence electrons. The number of rotatable bonds is 4. The fourth-order valence-corrected chi connectivity index (χ4v) is 1.98. The second kappa shape index (κ2) is 5.83. The van der Waals surface area contributed by atoms with Crippen LogP contribution in [0.25, 0.3) is 0 Å². The molecule has 1 aromatic heterocycles. The molecule has 0 fully saturated rings. The Morgan fingerprint density at radius 2 is 2.10 bits per heavy atom. The Morgan fingerprint density at radius 3 is 2.67 bits per heavy atom. The normalized spacial score (nSPS) is 10.2. The molecule has 1 heterocycles. The number of hydrogen-bond acceptors (Lipinski definition) is 5. The van der Waals surface area contributed by atoms with Crippen molar-refractivity contribution in [2.24, 2.45) is 0 Å². The highest BCUT2D eigenvalue weighted by Gasteiger charge is 2.19. The van der Waals surface area contributed by atoms with E-state index in [9.17, 15) is 19.3 Å². The number of anilines is 2. The Morgan fingerprint density at radius 1 is 1.38 bits per heavy atom. The molecule has 9 heteroatoms. The molecular weight excluding hydrogens is 349 g/mol. The fourth-order valence-electron chi connectivity index (χ4n) is 1.53. The predicted octanol–water partition coefficient (Wildman–Crippen LogP) is 3.33. The number of aromatic nitrogens is 1. The Kier molecular flexibility index (Phi) is 4.13. The maximum absolute atomic E-state index is 13.0. The van der Waals surface area contributed by atoms with E-state index in [0.717, 1.165) is 24.3 Å². The number of nitrogens with zero attached hydrogens (tertiary/aromatic N) is 2. The van der Waals surface area contributed by atoms with Crippen molar-refractivity contribution in [1.82, 2.24) is 4.98 Å². The van der Waals surface area contributed by atoms with E-state index in [2.05, 4.69) is 26.2 Å². The molecule has 0 saturated heterocycles. The van der Waals surface area contributed by atoms with Gasteiger partial charge in [-0.2, -0.15) is 0 Å². The average molecular weight is 356 g/mol. The number of benzene rings is 1. The van der Waals surface area contributed by atoms with Gasteiger partial charge in [0.15, 0.2) is 5.69 Å². The molecule has 0 spiro atoms. The van der Waals surface area contributed by atoms with Crippen LogP contribution in [0.3, 0.4) is 0 Å². The lowest BCUT2D eigenvalue weighted by Gasteiger charge is -2.08. The first-order valence-corrected chi connectivity index (χ1v) is 6.28. The molecule has 21 heavy (non-hydrogen) atoms. The van der Waals surface area contributed by atoms with Gasteiger partial charge in [0.05, 0.1) is 10.6 Å². The topological polar surface area (TPSA) is 105 Å². The summed E-state index contributed by atoms with van der Waals surface area (Å²) in [6.45, 7) is 0. The van der Waals surface area contributed by atoms with Gasteiger partial charge in [0, 0.05) is 10.5 Å². The van der Waals surface area contributed by atoms with Gasteiger partial charge in [-0.25, -0.2) is 14.2 Å². The molecule has 0 atom stereocenters. The van der Waals surface area contributed by atoms with Gasteiger partial charge in [0.1, 0.15) is 5.82 Å². The predicted molar refractivity (Wildman–Crippen MR) is 75.2 cm³/mol. The zero-order chi connectivity index (χ0) is 15.6. The van der Waals surface area contributed by atoms with E-state index in [1.54, 1.807) is 0 Å². The quantitative estimate of drug-likeness (QED) is 0.643. The van der Waals surface area contributed by atoms with E-state index >= 15 is 0 Å². The summed E-state index contributed by atoms with van der Waals surface area (Å²) >= 11 is 3.10. The van der Waals surface area contributed by atoms with E-state index in [1.807, 2.05) is 0 Å². The van der Waals surface area contributed by atoms with Gasteiger partial charge in [0.25, 0.3) is 0 Å². The highest BCUT2D eigenvalue weighted by atomic mass is 79.9. The molecule has 0 aliphatic carbocycles. The number of nitrogens with one attached hydrogen (secondary N) is 1. The summed E-state index contributed by atoms with van der Waals surface area (Å²) in [5.41, 5.74) is -0.424. The summed E-state index contributed by atoms with van der Waals surface area (Å²) in [7, 11) is 0. The lowest BCUT2D eigenvalue weighted by atomic mass is 10.3. The van der Waals surface area contributed by atoms with Crippen LogP contribution in [0, 0.1) is 15.9 Å². The molecule has 0 saturated carbocycles. The summed E-state index contributed by atoms with van der Waals surface area (Å²) in [5.74, 6) is -2.05. The summed E-state index contributed by atoms with van der Waals surface area (Å²) < 4.78 is 13.3. The summed E-state index contributed by atoms with van der Waals surface area (Å²) in [6, 6.07) is 5.73. The smallest absolute Gasteiger partial charge is 0.354 e. The van der Waals surface area contributed by atoms with Gasteiger partial charge in [-0.1, -0.05) is 0 Å². The molecule has 0 aliphatic rings. The Balaban J connectivity index is 2.48. The van der Waals surface area contributed by atoms with Crippen molar-refractivity contribution in [3.63, 3.8) is 0 Å². The van der Waals surface area contributed by atoms with Gasteiger partial charge in [-0.15, -0.1) is 0 Å². The number of pyridine rings is 1. The zero-order valence-corrected chi connectivity index (χ0v) is 11.8. The number of halogens is 2. The molecule has 0 radical (unpaired) electrons. The molecular formula is C12H7BrFN3O4. The standard InChI is InChI=1S/C12H7BrFN3O4/c13-7-5-6(14)1-2-8(7)15-11-10(17(20)21)4-3-9(16-11)12(18)19/h1-5H,(H,15,16)(H,18,19). The number of carbonyl (C=O) groups is 1. The molecule has 0 bridgehead atoms. The number of carboxylic acids is 1. The average Bonchev–Trinajstić information content (AvgIpc) is 2.41. The number of aromatic carboxylic acids is 1. The van der Waals surface area contributed by atoms with Crippen molar-refractivity contribution < 1.29 is 19.2 Å². The largest absolute Gasteiger partial charge is 0.477 e. The summed E-state index contributed by atoms with van der Waals surface area (Å²) in [4.78, 5) is 24.8. The van der Waals surface area contributed by atoms with Crippen LogP contribution in [0.15, 0.2) is 34.8 Å². The van der Waals surface area contributed by atoms with E-state index in [0.29, 0.717) is 10.2 Å². The van der Waals surface area contributed by atoms with Gasteiger partial charge >= 0.3 is 11.7 Å². The van der Waals surface area contributed by atoms with Crippen LogP contribution >= 0.6 is 15.9 Å². The van der Waals surface area contributed by atoms with Crippen LogP contribution in [-0.4, -0.2) is 21.0 Å². The minimum Gasteiger partial charge on any atom is -0.477 e. The fraction of sp³-hybridized carbons (Fsp3) is 0. The first-order chi connectivity index (χ1) is 9.88. The minimum atomic E-state index is -1.31. The molecule has 7 nitrogen and oxygen atoms in total. The van der Waals surface area contributed by atoms with Gasteiger partial charge in [0.2, 0.25) is 5.82 Å². The Labute approximate surface area is 125 Å². The molecule has 0 aliphatic heterocycles. The van der Waals surface area contributed by atoms with E-state index in [-0.39, 0.29) is 11.5 Å². The molecule has 2 N–H and O–H groups in total. The minimum absolute atomic E-state index is 0.243. The first kappa shape index (κ1) is 14.9. The maximum Gasteiger partial charge on any atom is 0.354 e. The number of carboxylic acid groups (broad SMARTS) is 1. The second-order valence-corrected chi connectivity index (χ2v) is 4.73. The highest BCUT2D eigenvalue weighted by molar-refractivity contribution is 9.10. The van der Waals surface area contributed by atoms with Crippen LogP contribution < -0.4 is 5.32 Å². The zero-order valence-electron chi connectivity index (χ0n) is 10.2. The van der Waals surface area contributed by atoms with Crippen molar-refractivity contribution in [3.05, 3.63) is 56.4 Å². The number of hydrogen-bond donors (Lipinski definition) is 2. The lowest BCUT2D eigenvalue weighted by Crippen LogP contribution is -2.06. The Hall–Kier alpha value is -2.55. The van der Waals surface area contributed by atoms with Gasteiger partial charge in [-0.05, 0) is 40.2 Å². The summed E-state index contributed by atoms with van der Waals surface area (Å²) in [5, 5.41) is 22.4. The van der Waals surface area contributed by atoms with Crippen LogP contribution in [-0.2, 0) is 0 Å². The first-order valence-electron chi connectivity index (χ1n) is 5.49.